The molecule has 10 heteroatoms. The molecular weight excluding hydrogens is 374 g/mol. The van der Waals surface area contributed by atoms with Crippen molar-refractivity contribution in [2.24, 2.45) is 11.7 Å². The number of hydrogen-bond acceptors (Lipinski definition) is 9. The number of nitrogens with two attached hydrogens (primary N) is 1. The van der Waals surface area contributed by atoms with E-state index in [1.807, 2.05) is 19.1 Å². The monoisotopic (exact) mass is 401 g/mol. The van der Waals surface area contributed by atoms with Crippen LogP contribution in [0.15, 0.2) is 24.5 Å². The van der Waals surface area contributed by atoms with Crippen molar-refractivity contribution in [3.63, 3.8) is 0 Å². The van der Waals surface area contributed by atoms with E-state index >= 15 is 0 Å². The molecule has 2 aromatic rings. The van der Waals surface area contributed by atoms with E-state index in [1.54, 1.807) is 6.20 Å². The van der Waals surface area contributed by atoms with Crippen LogP contribution in [0.1, 0.15) is 38.2 Å². The van der Waals surface area contributed by atoms with Gasteiger partial charge >= 0.3 is 5.69 Å². The molecular formula is C19H27N7O3. The SMILES string of the molecule is CCOc1ncccc1CNc1ncc([N+](=O)[O-])c(NC[C@H]2CC[C@H](N)CC2)n1. The summed E-state index contributed by atoms with van der Waals surface area (Å²) in [4.78, 5) is 23.5. The molecule has 10 nitrogen and oxygen atoms in total. The van der Waals surface area contributed by atoms with E-state index in [2.05, 4.69) is 25.6 Å². The maximum Gasteiger partial charge on any atom is 0.329 e. The number of rotatable bonds is 9. The smallest absolute Gasteiger partial charge is 0.329 e. The molecule has 1 aliphatic carbocycles. The Bertz CT molecular complexity index is 825. The Morgan fingerprint density at radius 2 is 2.07 bits per heavy atom. The number of nitrogens with zero attached hydrogens (tertiary/aromatic N) is 4. The fraction of sp³-hybridized carbons (Fsp3) is 0.526. The maximum atomic E-state index is 11.3. The Labute approximate surface area is 169 Å². The lowest BCUT2D eigenvalue weighted by Gasteiger charge is -2.26. The lowest BCUT2D eigenvalue weighted by molar-refractivity contribution is -0.384. The van der Waals surface area contributed by atoms with Gasteiger partial charge in [-0.15, -0.1) is 0 Å². The zero-order chi connectivity index (χ0) is 20.6. The van der Waals surface area contributed by atoms with E-state index in [4.69, 9.17) is 10.5 Å². The topological polar surface area (TPSA) is 141 Å². The van der Waals surface area contributed by atoms with Gasteiger partial charge in [0.05, 0.1) is 11.5 Å². The molecule has 2 aromatic heterocycles. The van der Waals surface area contributed by atoms with Gasteiger partial charge in [0.25, 0.3) is 0 Å². The van der Waals surface area contributed by atoms with Crippen LogP contribution < -0.4 is 21.1 Å². The number of anilines is 2. The molecule has 0 spiro atoms. The summed E-state index contributed by atoms with van der Waals surface area (Å²) in [5.74, 6) is 1.50. The third-order valence-electron chi connectivity index (χ3n) is 4.98. The largest absolute Gasteiger partial charge is 0.478 e. The molecule has 29 heavy (non-hydrogen) atoms. The third-order valence-corrected chi connectivity index (χ3v) is 4.98. The quantitative estimate of drug-likeness (QED) is 0.427. The minimum absolute atomic E-state index is 0.139. The van der Waals surface area contributed by atoms with Crippen molar-refractivity contribution in [1.29, 1.82) is 0 Å². The predicted molar refractivity (Wildman–Crippen MR) is 110 cm³/mol. The van der Waals surface area contributed by atoms with Gasteiger partial charge in [0.2, 0.25) is 17.6 Å². The Balaban J connectivity index is 1.67. The fourth-order valence-electron chi connectivity index (χ4n) is 3.36. The molecule has 0 aliphatic heterocycles. The first-order chi connectivity index (χ1) is 14.1. The number of hydrogen-bond donors (Lipinski definition) is 3. The molecule has 156 valence electrons. The van der Waals surface area contributed by atoms with Gasteiger partial charge in [0.15, 0.2) is 0 Å². The normalized spacial score (nSPS) is 18.8. The van der Waals surface area contributed by atoms with Crippen LogP contribution in [-0.4, -0.2) is 39.1 Å². The van der Waals surface area contributed by atoms with Gasteiger partial charge in [-0.1, -0.05) is 6.07 Å². The Kier molecular flexibility index (Phi) is 7.12. The summed E-state index contributed by atoms with van der Waals surface area (Å²) in [5, 5.41) is 17.6. The second-order valence-corrected chi connectivity index (χ2v) is 7.10. The van der Waals surface area contributed by atoms with Crippen LogP contribution in [0.5, 0.6) is 5.88 Å². The van der Waals surface area contributed by atoms with Gasteiger partial charge in [-0.05, 0) is 44.6 Å². The molecule has 0 radical (unpaired) electrons. The highest BCUT2D eigenvalue weighted by molar-refractivity contribution is 5.57. The minimum atomic E-state index is -0.475. The molecule has 1 saturated carbocycles. The Hall–Kier alpha value is -3.01. The average molecular weight is 401 g/mol. The second-order valence-electron chi connectivity index (χ2n) is 7.10. The van der Waals surface area contributed by atoms with Gasteiger partial charge in [-0.2, -0.15) is 4.98 Å². The minimum Gasteiger partial charge on any atom is -0.478 e. The van der Waals surface area contributed by atoms with Crippen LogP contribution in [0.2, 0.25) is 0 Å². The molecule has 3 rings (SSSR count). The van der Waals surface area contributed by atoms with Gasteiger partial charge in [0.1, 0.15) is 6.20 Å². The fourth-order valence-corrected chi connectivity index (χ4v) is 3.36. The van der Waals surface area contributed by atoms with Crippen molar-refractivity contribution < 1.29 is 9.66 Å². The van der Waals surface area contributed by atoms with Crippen LogP contribution >= 0.6 is 0 Å². The third kappa shape index (κ3) is 5.74. The molecule has 4 N–H and O–H groups in total. The summed E-state index contributed by atoms with van der Waals surface area (Å²) < 4.78 is 5.51. The van der Waals surface area contributed by atoms with E-state index in [1.165, 1.54) is 6.20 Å². The van der Waals surface area contributed by atoms with Crippen LogP contribution in [0.3, 0.4) is 0 Å². The molecule has 0 unspecified atom stereocenters. The lowest BCUT2D eigenvalue weighted by Crippen LogP contribution is -2.29. The molecule has 0 amide bonds. The van der Waals surface area contributed by atoms with Gasteiger partial charge in [-0.25, -0.2) is 9.97 Å². The Morgan fingerprint density at radius 3 is 2.79 bits per heavy atom. The van der Waals surface area contributed by atoms with E-state index in [-0.39, 0.29) is 17.5 Å². The molecule has 1 aliphatic rings. The van der Waals surface area contributed by atoms with Crippen molar-refractivity contribution in [1.82, 2.24) is 15.0 Å². The summed E-state index contributed by atoms with van der Waals surface area (Å²) in [6.45, 7) is 3.42. The highest BCUT2D eigenvalue weighted by Crippen LogP contribution is 2.26. The second kappa shape index (κ2) is 9.97. The summed E-state index contributed by atoms with van der Waals surface area (Å²) >= 11 is 0. The van der Waals surface area contributed by atoms with Crippen LogP contribution in [0, 0.1) is 16.0 Å². The van der Waals surface area contributed by atoms with Crippen LogP contribution in [0.25, 0.3) is 0 Å². The number of ether oxygens (including phenoxy) is 1. The van der Waals surface area contributed by atoms with E-state index < -0.39 is 4.92 Å². The molecule has 0 aromatic carbocycles. The Morgan fingerprint density at radius 1 is 1.28 bits per heavy atom. The zero-order valence-corrected chi connectivity index (χ0v) is 16.5. The van der Waals surface area contributed by atoms with Crippen LogP contribution in [-0.2, 0) is 6.54 Å². The molecule has 0 saturated heterocycles. The first-order valence-corrected chi connectivity index (χ1v) is 9.88. The first-order valence-electron chi connectivity index (χ1n) is 9.88. The maximum absolute atomic E-state index is 11.3. The summed E-state index contributed by atoms with van der Waals surface area (Å²) in [7, 11) is 0. The van der Waals surface area contributed by atoms with Gasteiger partial charge < -0.3 is 21.1 Å². The van der Waals surface area contributed by atoms with Crippen molar-refractivity contribution in [2.45, 2.75) is 45.2 Å². The average Bonchev–Trinajstić information content (AvgIpc) is 2.73. The molecule has 2 heterocycles. The molecule has 0 atom stereocenters. The summed E-state index contributed by atoms with van der Waals surface area (Å²) in [5.41, 5.74) is 6.66. The summed E-state index contributed by atoms with van der Waals surface area (Å²) in [6.07, 6.45) is 6.88. The highest BCUT2D eigenvalue weighted by Gasteiger charge is 2.22. The van der Waals surface area contributed by atoms with E-state index in [0.29, 0.717) is 37.4 Å². The van der Waals surface area contributed by atoms with Gasteiger partial charge in [0, 0.05) is 30.9 Å². The number of aromatic nitrogens is 3. The van der Waals surface area contributed by atoms with E-state index in [9.17, 15) is 10.1 Å². The van der Waals surface area contributed by atoms with Crippen molar-refractivity contribution in [3.8, 4) is 5.88 Å². The molecule has 1 fully saturated rings. The predicted octanol–water partition coefficient (Wildman–Crippen LogP) is 2.72. The number of pyridine rings is 1. The number of nitro groups is 1. The number of nitrogens with one attached hydrogen (secondary N) is 2. The highest BCUT2D eigenvalue weighted by atomic mass is 16.6. The van der Waals surface area contributed by atoms with E-state index in [0.717, 1.165) is 31.2 Å². The van der Waals surface area contributed by atoms with Crippen molar-refractivity contribution in [2.75, 3.05) is 23.8 Å². The van der Waals surface area contributed by atoms with Crippen molar-refractivity contribution >= 4 is 17.5 Å². The molecule has 0 bridgehead atoms. The van der Waals surface area contributed by atoms with Gasteiger partial charge in [-0.3, -0.25) is 10.1 Å². The standard InChI is InChI=1S/C19H27N7O3/c1-2-29-18-14(4-3-9-21-18)11-23-19-24-12-16(26(27)28)17(25-19)22-10-13-5-7-15(20)8-6-13/h3-4,9,12-13,15H,2,5-8,10-11,20H2,1H3,(H2,22,23,24,25)/t13-,15-. The summed E-state index contributed by atoms with van der Waals surface area (Å²) in [6, 6.07) is 3.98. The zero-order valence-electron chi connectivity index (χ0n) is 16.5. The lowest BCUT2D eigenvalue weighted by atomic mass is 9.86. The van der Waals surface area contributed by atoms with Crippen molar-refractivity contribution in [3.05, 3.63) is 40.2 Å². The first kappa shape index (κ1) is 20.7. The van der Waals surface area contributed by atoms with Crippen LogP contribution in [0.4, 0.5) is 17.5 Å².